The van der Waals surface area contributed by atoms with Crippen LogP contribution in [-0.4, -0.2) is 17.4 Å². The van der Waals surface area contributed by atoms with Crippen molar-refractivity contribution in [1.29, 1.82) is 0 Å². The summed E-state index contributed by atoms with van der Waals surface area (Å²) in [6, 6.07) is 2.01. The fourth-order valence-corrected chi connectivity index (χ4v) is 3.33. The molecule has 1 aromatic heterocycles. The second kappa shape index (κ2) is 6.25. The minimum Gasteiger partial charge on any atom is -0.369 e. The van der Waals surface area contributed by atoms with Gasteiger partial charge in [0.1, 0.15) is 5.82 Å². The number of hydrogen-bond donors (Lipinski definition) is 1. The Labute approximate surface area is 123 Å². The summed E-state index contributed by atoms with van der Waals surface area (Å²) in [4.78, 5) is 4.39. The molecule has 100 valence electrons. The van der Waals surface area contributed by atoms with Crippen molar-refractivity contribution in [2.45, 2.75) is 39.0 Å². The van der Waals surface area contributed by atoms with E-state index in [-0.39, 0.29) is 5.41 Å². The molecule has 2 nitrogen and oxygen atoms in total. The minimum absolute atomic E-state index is 0.255. The Hall–Kier alpha value is -0.280. The van der Waals surface area contributed by atoms with Gasteiger partial charge in [0, 0.05) is 24.0 Å². The highest BCUT2D eigenvalue weighted by Gasteiger charge is 2.31. The van der Waals surface area contributed by atoms with E-state index in [1.165, 1.54) is 37.7 Å². The second-order valence-corrected chi connectivity index (χ2v) is 6.40. The number of aromatic nitrogens is 1. The number of pyridine rings is 1. The number of alkyl halides is 1. The first-order valence-electron chi connectivity index (χ1n) is 6.58. The van der Waals surface area contributed by atoms with Crippen LogP contribution in [0.3, 0.4) is 0 Å². The number of nitrogens with one attached hydrogen (secondary N) is 1. The Morgan fingerprint density at radius 2 is 2.11 bits per heavy atom. The van der Waals surface area contributed by atoms with Crippen molar-refractivity contribution in [3.05, 3.63) is 22.3 Å². The topological polar surface area (TPSA) is 24.9 Å². The molecule has 1 aromatic rings. The van der Waals surface area contributed by atoms with Crippen molar-refractivity contribution in [1.82, 2.24) is 4.98 Å². The van der Waals surface area contributed by atoms with Crippen LogP contribution in [0.1, 0.15) is 37.7 Å². The molecule has 0 spiro atoms. The van der Waals surface area contributed by atoms with E-state index in [1.807, 2.05) is 12.3 Å². The molecule has 1 heterocycles. The van der Waals surface area contributed by atoms with Crippen molar-refractivity contribution in [3.8, 4) is 0 Å². The lowest BCUT2D eigenvalue weighted by molar-refractivity contribution is 0.238. The summed E-state index contributed by atoms with van der Waals surface area (Å²) in [6.45, 7) is 3.00. The molecule has 0 amide bonds. The molecule has 18 heavy (non-hydrogen) atoms. The lowest BCUT2D eigenvalue weighted by Crippen LogP contribution is -2.34. The van der Waals surface area contributed by atoms with Crippen molar-refractivity contribution in [2.24, 2.45) is 5.41 Å². The van der Waals surface area contributed by atoms with Crippen LogP contribution in [0, 0.1) is 12.3 Å². The predicted molar refractivity (Wildman–Crippen MR) is 81.4 cm³/mol. The number of nitrogens with zero attached hydrogens (tertiary/aromatic N) is 1. The third kappa shape index (κ3) is 3.18. The maximum Gasteiger partial charge on any atom is 0.140 e. The molecule has 0 bridgehead atoms. The van der Waals surface area contributed by atoms with Gasteiger partial charge in [0.25, 0.3) is 0 Å². The van der Waals surface area contributed by atoms with Gasteiger partial charge in [0.2, 0.25) is 0 Å². The molecular weight excluding hydrogens is 312 g/mol. The second-order valence-electron chi connectivity index (χ2n) is 5.34. The van der Waals surface area contributed by atoms with E-state index in [2.05, 4.69) is 33.2 Å². The van der Waals surface area contributed by atoms with Gasteiger partial charge >= 0.3 is 0 Å². The van der Waals surface area contributed by atoms with Crippen LogP contribution in [0.25, 0.3) is 0 Å². The first kappa shape index (κ1) is 14.1. The highest BCUT2D eigenvalue weighted by Crippen LogP contribution is 2.38. The standard InChI is InChI=1S/C14H20BrClN2/c1-11-5-8-17-13(12(11)15)18-10-14(9-16)6-3-2-4-7-14/h5,8H,2-4,6-7,9-10H2,1H3,(H,17,18). The molecule has 0 aromatic carbocycles. The smallest absolute Gasteiger partial charge is 0.140 e. The van der Waals surface area contributed by atoms with Crippen LogP contribution in [0.2, 0.25) is 0 Å². The Morgan fingerprint density at radius 3 is 2.78 bits per heavy atom. The number of hydrogen-bond acceptors (Lipinski definition) is 2. The predicted octanol–water partition coefficient (Wildman–Crippen LogP) is 4.75. The monoisotopic (exact) mass is 330 g/mol. The van der Waals surface area contributed by atoms with Gasteiger partial charge < -0.3 is 5.32 Å². The van der Waals surface area contributed by atoms with Crippen LogP contribution < -0.4 is 5.32 Å². The van der Waals surface area contributed by atoms with Gasteiger partial charge in [-0.2, -0.15) is 0 Å². The summed E-state index contributed by atoms with van der Waals surface area (Å²) >= 11 is 9.79. The first-order valence-corrected chi connectivity index (χ1v) is 7.91. The molecule has 1 fully saturated rings. The highest BCUT2D eigenvalue weighted by atomic mass is 79.9. The number of halogens is 2. The lowest BCUT2D eigenvalue weighted by atomic mass is 9.75. The molecule has 0 saturated heterocycles. The van der Waals surface area contributed by atoms with E-state index in [9.17, 15) is 0 Å². The van der Waals surface area contributed by atoms with Gasteiger partial charge in [-0.1, -0.05) is 19.3 Å². The Balaban J connectivity index is 2.03. The normalized spacial score (nSPS) is 18.6. The fourth-order valence-electron chi connectivity index (χ4n) is 2.59. The van der Waals surface area contributed by atoms with Gasteiger partial charge in [-0.15, -0.1) is 11.6 Å². The highest BCUT2D eigenvalue weighted by molar-refractivity contribution is 9.10. The van der Waals surface area contributed by atoms with Crippen molar-refractivity contribution in [2.75, 3.05) is 17.7 Å². The summed E-state index contributed by atoms with van der Waals surface area (Å²) in [6.07, 6.45) is 8.26. The summed E-state index contributed by atoms with van der Waals surface area (Å²) < 4.78 is 1.06. The van der Waals surface area contributed by atoms with Gasteiger partial charge in [-0.3, -0.25) is 0 Å². The molecule has 2 rings (SSSR count). The SMILES string of the molecule is Cc1ccnc(NCC2(CCl)CCCCC2)c1Br. The van der Waals surface area contributed by atoms with Crippen LogP contribution in [-0.2, 0) is 0 Å². The van der Waals surface area contributed by atoms with E-state index >= 15 is 0 Å². The maximum absolute atomic E-state index is 6.20. The summed E-state index contributed by atoms with van der Waals surface area (Å²) in [5, 5.41) is 3.47. The molecule has 0 radical (unpaired) electrons. The molecule has 4 heteroatoms. The average Bonchev–Trinajstić information content (AvgIpc) is 2.41. The first-order chi connectivity index (χ1) is 8.67. The van der Waals surface area contributed by atoms with Gasteiger partial charge in [0.15, 0.2) is 0 Å². The molecule has 0 unspecified atom stereocenters. The quantitative estimate of drug-likeness (QED) is 0.805. The molecule has 1 saturated carbocycles. The van der Waals surface area contributed by atoms with E-state index in [0.29, 0.717) is 0 Å². The largest absolute Gasteiger partial charge is 0.369 e. The fraction of sp³-hybridized carbons (Fsp3) is 0.643. The molecule has 0 aliphatic heterocycles. The molecule has 1 N–H and O–H groups in total. The number of aryl methyl sites for hydroxylation is 1. The van der Waals surface area contributed by atoms with Crippen molar-refractivity contribution in [3.63, 3.8) is 0 Å². The Kier molecular flexibility index (Phi) is 4.91. The van der Waals surface area contributed by atoms with Crippen molar-refractivity contribution < 1.29 is 0 Å². The Morgan fingerprint density at radius 1 is 1.39 bits per heavy atom. The molecule has 1 aliphatic rings. The maximum atomic E-state index is 6.20. The number of anilines is 1. The van der Waals surface area contributed by atoms with Crippen molar-refractivity contribution >= 4 is 33.3 Å². The third-order valence-corrected chi connectivity index (χ3v) is 5.48. The Bertz CT molecular complexity index is 403. The van der Waals surface area contributed by atoms with Crippen LogP contribution in [0.5, 0.6) is 0 Å². The zero-order valence-corrected chi connectivity index (χ0v) is 13.1. The summed E-state index contributed by atoms with van der Waals surface area (Å²) in [5.74, 6) is 1.67. The van der Waals surface area contributed by atoms with E-state index in [0.717, 1.165) is 22.7 Å². The van der Waals surface area contributed by atoms with Crippen LogP contribution in [0.4, 0.5) is 5.82 Å². The van der Waals surface area contributed by atoms with E-state index in [4.69, 9.17) is 11.6 Å². The zero-order valence-electron chi connectivity index (χ0n) is 10.8. The third-order valence-electron chi connectivity index (χ3n) is 3.91. The van der Waals surface area contributed by atoms with Gasteiger partial charge in [0.05, 0.1) is 4.47 Å². The molecule has 0 atom stereocenters. The van der Waals surface area contributed by atoms with E-state index in [1.54, 1.807) is 0 Å². The zero-order chi connectivity index (χ0) is 13.0. The average molecular weight is 332 g/mol. The minimum atomic E-state index is 0.255. The molecule has 1 aliphatic carbocycles. The summed E-state index contributed by atoms with van der Waals surface area (Å²) in [5.41, 5.74) is 1.46. The van der Waals surface area contributed by atoms with Gasteiger partial charge in [-0.25, -0.2) is 4.98 Å². The number of rotatable bonds is 4. The van der Waals surface area contributed by atoms with E-state index < -0.39 is 0 Å². The van der Waals surface area contributed by atoms with Crippen LogP contribution >= 0.6 is 27.5 Å². The van der Waals surface area contributed by atoms with Crippen LogP contribution in [0.15, 0.2) is 16.7 Å². The summed E-state index contributed by atoms with van der Waals surface area (Å²) in [7, 11) is 0. The lowest BCUT2D eigenvalue weighted by Gasteiger charge is -2.35. The molecular formula is C14H20BrClN2. The van der Waals surface area contributed by atoms with Gasteiger partial charge in [-0.05, 0) is 47.3 Å².